The molecule has 0 spiro atoms. The van der Waals surface area contributed by atoms with Gasteiger partial charge in [-0.25, -0.2) is 0 Å². The van der Waals surface area contributed by atoms with Crippen molar-refractivity contribution in [2.45, 2.75) is 53.1 Å². The topological polar surface area (TPSA) is 35.5 Å². The highest BCUT2D eigenvalue weighted by Crippen LogP contribution is 2.10. The second kappa shape index (κ2) is 11.0. The lowest BCUT2D eigenvalue weighted by molar-refractivity contribution is 0.104. The van der Waals surface area contributed by atoms with Crippen LogP contribution in [0.3, 0.4) is 0 Å². The predicted molar refractivity (Wildman–Crippen MR) is 75.4 cm³/mol. The van der Waals surface area contributed by atoms with Crippen molar-refractivity contribution in [2.24, 2.45) is 5.92 Å². The highest BCUT2D eigenvalue weighted by molar-refractivity contribution is 4.69. The summed E-state index contributed by atoms with van der Waals surface area (Å²) in [7, 11) is 0. The Bertz CT molecular complexity index is 160. The van der Waals surface area contributed by atoms with Gasteiger partial charge < -0.3 is 15.3 Å². The summed E-state index contributed by atoms with van der Waals surface area (Å²) in [5, 5.41) is 13.2. The van der Waals surface area contributed by atoms with E-state index in [0.29, 0.717) is 6.54 Å². The lowest BCUT2D eigenvalue weighted by Gasteiger charge is -2.27. The monoisotopic (exact) mass is 244 g/mol. The molecule has 0 saturated carbocycles. The van der Waals surface area contributed by atoms with Gasteiger partial charge >= 0.3 is 0 Å². The first-order valence-electron chi connectivity index (χ1n) is 7.28. The number of hydrogen-bond donors (Lipinski definition) is 2. The molecule has 0 fully saturated rings. The second-order valence-corrected chi connectivity index (χ2v) is 4.89. The Morgan fingerprint density at radius 1 is 1.06 bits per heavy atom. The minimum Gasteiger partial charge on any atom is -0.390 e. The maximum Gasteiger partial charge on any atom is 0.0791 e. The molecule has 0 aliphatic carbocycles. The lowest BCUT2D eigenvalue weighted by atomic mass is 10.0. The molecule has 0 rings (SSSR count). The normalized spacial score (nSPS) is 13.6. The van der Waals surface area contributed by atoms with E-state index in [4.69, 9.17) is 0 Å². The van der Waals surface area contributed by atoms with Crippen LogP contribution >= 0.6 is 0 Å². The lowest BCUT2D eigenvalue weighted by Crippen LogP contribution is -2.40. The fraction of sp³-hybridized carbons (Fsp3) is 1.00. The Hall–Kier alpha value is -0.120. The number of likely N-dealkylation sites (N-methyl/N-ethyl adjacent to an activating group) is 1. The summed E-state index contributed by atoms with van der Waals surface area (Å²) in [6.45, 7) is 13.5. The molecular formula is C14H32N2O. The van der Waals surface area contributed by atoms with Crippen LogP contribution in [0.2, 0.25) is 0 Å². The number of aliphatic hydroxyl groups excluding tert-OH is 1. The maximum atomic E-state index is 9.93. The molecule has 3 nitrogen and oxygen atoms in total. The smallest absolute Gasteiger partial charge is 0.0791 e. The molecule has 0 amide bonds. The number of aliphatic hydroxyl groups is 1. The maximum absolute atomic E-state index is 9.93. The van der Waals surface area contributed by atoms with Crippen molar-refractivity contribution < 1.29 is 5.11 Å². The van der Waals surface area contributed by atoms with Gasteiger partial charge in [0.2, 0.25) is 0 Å². The average molecular weight is 244 g/mol. The molecule has 0 aromatic rings. The fourth-order valence-electron chi connectivity index (χ4n) is 2.05. The molecule has 0 heterocycles. The zero-order valence-electron chi connectivity index (χ0n) is 12.2. The van der Waals surface area contributed by atoms with Crippen LogP contribution < -0.4 is 5.32 Å². The van der Waals surface area contributed by atoms with E-state index in [0.717, 1.165) is 38.5 Å². The molecule has 0 aliphatic heterocycles. The summed E-state index contributed by atoms with van der Waals surface area (Å²) >= 11 is 0. The van der Waals surface area contributed by atoms with E-state index in [2.05, 4.69) is 37.9 Å². The molecule has 0 bridgehead atoms. The van der Waals surface area contributed by atoms with Crippen molar-refractivity contribution in [1.29, 1.82) is 0 Å². The molecule has 0 radical (unpaired) electrons. The third-order valence-corrected chi connectivity index (χ3v) is 3.39. The minimum absolute atomic E-state index is 0.240. The Labute approximate surface area is 108 Å². The number of nitrogens with zero attached hydrogens (tertiary/aromatic N) is 1. The standard InChI is InChI=1S/C14H32N2O/c1-5-9-15-10-14(17)12-16(8-4)11-13(6-2)7-3/h13-15,17H,5-12H2,1-4H3. The Kier molecular flexibility index (Phi) is 10.9. The van der Waals surface area contributed by atoms with E-state index < -0.39 is 0 Å². The summed E-state index contributed by atoms with van der Waals surface area (Å²) in [5.41, 5.74) is 0. The summed E-state index contributed by atoms with van der Waals surface area (Å²) in [4.78, 5) is 2.37. The highest BCUT2D eigenvalue weighted by atomic mass is 16.3. The molecule has 0 saturated heterocycles. The van der Waals surface area contributed by atoms with Gasteiger partial charge in [-0.1, -0.05) is 40.5 Å². The van der Waals surface area contributed by atoms with Crippen LogP contribution in [0.1, 0.15) is 47.0 Å². The van der Waals surface area contributed by atoms with Crippen LogP contribution in [0.5, 0.6) is 0 Å². The summed E-state index contributed by atoms with van der Waals surface area (Å²) < 4.78 is 0. The summed E-state index contributed by atoms with van der Waals surface area (Å²) in [6, 6.07) is 0. The zero-order valence-corrected chi connectivity index (χ0v) is 12.2. The minimum atomic E-state index is -0.240. The van der Waals surface area contributed by atoms with Gasteiger partial charge in [-0.05, 0) is 25.4 Å². The van der Waals surface area contributed by atoms with E-state index in [9.17, 15) is 5.11 Å². The Morgan fingerprint density at radius 2 is 1.71 bits per heavy atom. The largest absolute Gasteiger partial charge is 0.390 e. The van der Waals surface area contributed by atoms with Crippen LogP contribution in [0.25, 0.3) is 0 Å². The van der Waals surface area contributed by atoms with E-state index >= 15 is 0 Å². The van der Waals surface area contributed by atoms with Gasteiger partial charge in [0.1, 0.15) is 0 Å². The van der Waals surface area contributed by atoms with Crippen molar-refractivity contribution in [1.82, 2.24) is 10.2 Å². The molecule has 17 heavy (non-hydrogen) atoms. The quantitative estimate of drug-likeness (QED) is 0.546. The van der Waals surface area contributed by atoms with Gasteiger partial charge in [0.15, 0.2) is 0 Å². The van der Waals surface area contributed by atoms with E-state index in [1.54, 1.807) is 0 Å². The summed E-state index contributed by atoms with van der Waals surface area (Å²) in [5.74, 6) is 0.769. The number of rotatable bonds is 11. The van der Waals surface area contributed by atoms with Gasteiger partial charge in [-0.3, -0.25) is 0 Å². The fourth-order valence-corrected chi connectivity index (χ4v) is 2.05. The highest BCUT2D eigenvalue weighted by Gasteiger charge is 2.13. The van der Waals surface area contributed by atoms with Crippen LogP contribution in [0, 0.1) is 5.92 Å². The van der Waals surface area contributed by atoms with Crippen molar-refractivity contribution in [3.8, 4) is 0 Å². The van der Waals surface area contributed by atoms with Crippen molar-refractivity contribution in [3.63, 3.8) is 0 Å². The van der Waals surface area contributed by atoms with Crippen LogP contribution in [0.4, 0.5) is 0 Å². The molecule has 1 atom stereocenters. The van der Waals surface area contributed by atoms with Crippen LogP contribution in [-0.2, 0) is 0 Å². The number of nitrogens with one attached hydrogen (secondary N) is 1. The molecule has 2 N–H and O–H groups in total. The second-order valence-electron chi connectivity index (χ2n) is 4.89. The van der Waals surface area contributed by atoms with Crippen molar-refractivity contribution >= 4 is 0 Å². The van der Waals surface area contributed by atoms with Gasteiger partial charge in [0, 0.05) is 19.6 Å². The third-order valence-electron chi connectivity index (χ3n) is 3.39. The van der Waals surface area contributed by atoms with E-state index in [-0.39, 0.29) is 6.10 Å². The van der Waals surface area contributed by atoms with Crippen molar-refractivity contribution in [3.05, 3.63) is 0 Å². The van der Waals surface area contributed by atoms with Crippen LogP contribution in [0.15, 0.2) is 0 Å². The molecule has 3 heteroatoms. The third kappa shape index (κ3) is 8.58. The molecule has 0 aromatic heterocycles. The first-order chi connectivity index (χ1) is 8.17. The Morgan fingerprint density at radius 3 is 2.18 bits per heavy atom. The summed E-state index contributed by atoms with van der Waals surface area (Å²) in [6.07, 6.45) is 3.35. The van der Waals surface area contributed by atoms with Gasteiger partial charge in [0.25, 0.3) is 0 Å². The SMILES string of the molecule is CCCNCC(O)CN(CC)CC(CC)CC. The van der Waals surface area contributed by atoms with Crippen LogP contribution in [-0.4, -0.2) is 48.8 Å². The molecule has 1 unspecified atom stereocenters. The predicted octanol–water partition coefficient (Wildman–Crippen LogP) is 2.10. The van der Waals surface area contributed by atoms with E-state index in [1.807, 2.05) is 0 Å². The Balaban J connectivity index is 3.85. The van der Waals surface area contributed by atoms with Gasteiger partial charge in [0.05, 0.1) is 6.10 Å². The average Bonchev–Trinajstić information content (AvgIpc) is 2.34. The van der Waals surface area contributed by atoms with Crippen molar-refractivity contribution in [2.75, 3.05) is 32.7 Å². The van der Waals surface area contributed by atoms with Gasteiger partial charge in [-0.15, -0.1) is 0 Å². The molecule has 104 valence electrons. The molecular weight excluding hydrogens is 212 g/mol. The first kappa shape index (κ1) is 16.9. The number of hydrogen-bond acceptors (Lipinski definition) is 3. The first-order valence-corrected chi connectivity index (χ1v) is 7.28. The molecule has 0 aliphatic rings. The molecule has 0 aromatic carbocycles. The van der Waals surface area contributed by atoms with E-state index in [1.165, 1.54) is 12.8 Å². The zero-order chi connectivity index (χ0) is 13.1. The van der Waals surface area contributed by atoms with Gasteiger partial charge in [-0.2, -0.15) is 0 Å².